The molecule has 0 spiro atoms. The number of piperazine rings is 1. The molecule has 2 aromatic rings. The summed E-state index contributed by atoms with van der Waals surface area (Å²) >= 11 is 0. The molecule has 2 fully saturated rings. The second-order valence-electron chi connectivity index (χ2n) is 8.78. The van der Waals surface area contributed by atoms with Crippen LogP contribution in [0.4, 0.5) is 27.6 Å². The van der Waals surface area contributed by atoms with Crippen molar-refractivity contribution in [2.75, 3.05) is 64.4 Å². The number of hydrogen-bond acceptors (Lipinski definition) is 5. The van der Waals surface area contributed by atoms with Crippen molar-refractivity contribution in [3.05, 3.63) is 53.4 Å². The van der Waals surface area contributed by atoms with Crippen LogP contribution in [-0.2, 0) is 0 Å². The highest BCUT2D eigenvalue weighted by molar-refractivity contribution is 5.58. The van der Waals surface area contributed by atoms with E-state index in [2.05, 4.69) is 32.6 Å². The Balaban J connectivity index is 1.19. The van der Waals surface area contributed by atoms with Crippen LogP contribution < -0.4 is 14.4 Å². The van der Waals surface area contributed by atoms with Crippen LogP contribution in [0.5, 0.6) is 11.5 Å². The Morgan fingerprint density at radius 2 is 1.28 bits per heavy atom. The van der Waals surface area contributed by atoms with Gasteiger partial charge in [0.1, 0.15) is 11.9 Å². The first-order valence-electron chi connectivity index (χ1n) is 11.9. The third kappa shape index (κ3) is 5.85. The van der Waals surface area contributed by atoms with Crippen LogP contribution >= 0.6 is 0 Å². The monoisotopic (exact) mass is 509 g/mol. The Labute approximate surface area is 207 Å². The summed E-state index contributed by atoms with van der Waals surface area (Å²) in [6.07, 6.45) is 0.153. The van der Waals surface area contributed by atoms with Crippen LogP contribution in [0.1, 0.15) is 12.8 Å². The number of benzene rings is 2. The number of anilines is 1. The highest BCUT2D eigenvalue weighted by Crippen LogP contribution is 2.31. The SMILES string of the molecule is COc1ccccc1N1CCN(CC#CCN2CCC(Oc3c(F)c(F)c(F)c(F)c3F)CC2)CC1. The van der Waals surface area contributed by atoms with E-state index in [9.17, 15) is 22.0 Å². The second-order valence-corrected chi connectivity index (χ2v) is 8.78. The quantitative estimate of drug-likeness (QED) is 0.254. The van der Waals surface area contributed by atoms with Gasteiger partial charge < -0.3 is 14.4 Å². The molecule has 0 radical (unpaired) electrons. The molecule has 2 aliphatic heterocycles. The van der Waals surface area contributed by atoms with Crippen molar-refractivity contribution in [2.24, 2.45) is 0 Å². The number of rotatable bonds is 6. The maximum atomic E-state index is 13.8. The lowest BCUT2D eigenvalue weighted by Crippen LogP contribution is -2.46. The lowest BCUT2D eigenvalue weighted by atomic mass is 10.1. The normalized spacial score (nSPS) is 17.6. The van der Waals surface area contributed by atoms with Gasteiger partial charge in [-0.25, -0.2) is 13.2 Å². The van der Waals surface area contributed by atoms with Gasteiger partial charge in [0.25, 0.3) is 0 Å². The molecule has 36 heavy (non-hydrogen) atoms. The molecule has 0 aromatic heterocycles. The molecule has 5 nitrogen and oxygen atoms in total. The molecule has 0 atom stereocenters. The van der Waals surface area contributed by atoms with E-state index in [4.69, 9.17) is 9.47 Å². The molecule has 0 saturated carbocycles. The van der Waals surface area contributed by atoms with Crippen LogP contribution in [0.15, 0.2) is 24.3 Å². The zero-order valence-electron chi connectivity index (χ0n) is 20.0. The van der Waals surface area contributed by atoms with Gasteiger partial charge in [-0.15, -0.1) is 0 Å². The van der Waals surface area contributed by atoms with Crippen LogP contribution in [-0.4, -0.2) is 75.4 Å². The molecule has 4 rings (SSSR count). The van der Waals surface area contributed by atoms with Crippen LogP contribution in [0.2, 0.25) is 0 Å². The zero-order chi connectivity index (χ0) is 25.7. The standard InChI is InChI=1S/C26H28F5N3O2/c1-35-20-7-3-2-6-19(20)34-16-14-33(15-17-34)11-5-4-10-32-12-8-18(9-13-32)36-26-24(30)22(28)21(27)23(29)25(26)31/h2-3,6-7,18H,8-17H2,1H3. The fourth-order valence-electron chi connectivity index (χ4n) is 4.41. The summed E-state index contributed by atoms with van der Waals surface area (Å²) in [6.45, 7) is 5.87. The summed E-state index contributed by atoms with van der Waals surface area (Å²) in [5.41, 5.74) is 1.10. The van der Waals surface area contributed by atoms with Crippen molar-refractivity contribution >= 4 is 5.69 Å². The van der Waals surface area contributed by atoms with Crippen molar-refractivity contribution in [3.63, 3.8) is 0 Å². The average Bonchev–Trinajstić information content (AvgIpc) is 2.92. The van der Waals surface area contributed by atoms with Crippen LogP contribution in [0.3, 0.4) is 0 Å². The molecular weight excluding hydrogens is 481 g/mol. The van der Waals surface area contributed by atoms with E-state index >= 15 is 0 Å². The van der Waals surface area contributed by atoms with Crippen molar-refractivity contribution in [1.29, 1.82) is 0 Å². The summed E-state index contributed by atoms with van der Waals surface area (Å²) in [5, 5.41) is 0. The molecule has 0 bridgehead atoms. The molecule has 10 heteroatoms. The third-order valence-electron chi connectivity index (χ3n) is 6.52. The zero-order valence-corrected chi connectivity index (χ0v) is 20.0. The van der Waals surface area contributed by atoms with Gasteiger partial charge in [0, 0.05) is 39.3 Å². The lowest BCUT2D eigenvalue weighted by molar-refractivity contribution is 0.0974. The van der Waals surface area contributed by atoms with E-state index in [1.165, 1.54) is 0 Å². The number of ether oxygens (including phenoxy) is 2. The average molecular weight is 510 g/mol. The molecule has 0 aliphatic carbocycles. The minimum Gasteiger partial charge on any atom is -0.495 e. The molecule has 194 valence electrons. The van der Waals surface area contributed by atoms with Crippen LogP contribution in [0, 0.1) is 40.9 Å². The van der Waals surface area contributed by atoms with Gasteiger partial charge in [-0.05, 0) is 25.0 Å². The Bertz CT molecular complexity index is 1090. The molecule has 2 aliphatic rings. The molecule has 0 N–H and O–H groups in total. The summed E-state index contributed by atoms with van der Waals surface area (Å²) in [4.78, 5) is 6.68. The van der Waals surface area contributed by atoms with Gasteiger partial charge in [0.15, 0.2) is 5.75 Å². The van der Waals surface area contributed by atoms with Crippen molar-refractivity contribution in [2.45, 2.75) is 18.9 Å². The highest BCUT2D eigenvalue weighted by atomic mass is 19.2. The fourth-order valence-corrected chi connectivity index (χ4v) is 4.41. The summed E-state index contributed by atoms with van der Waals surface area (Å²) in [6, 6.07) is 7.98. The summed E-state index contributed by atoms with van der Waals surface area (Å²) in [5.74, 6) is -4.05. The maximum absolute atomic E-state index is 13.8. The van der Waals surface area contributed by atoms with Crippen molar-refractivity contribution in [3.8, 4) is 23.3 Å². The first-order chi connectivity index (χ1) is 17.4. The van der Waals surface area contributed by atoms with E-state index in [1.54, 1.807) is 7.11 Å². The molecule has 2 saturated heterocycles. The Hall–Kier alpha value is -3.03. The van der Waals surface area contributed by atoms with Gasteiger partial charge in [0.2, 0.25) is 29.1 Å². The molecular formula is C26H28F5N3O2. The van der Waals surface area contributed by atoms with Crippen molar-refractivity contribution < 1.29 is 31.4 Å². The Morgan fingerprint density at radius 1 is 0.750 bits per heavy atom. The fraction of sp³-hybridized carbons (Fsp3) is 0.462. The Kier molecular flexibility index (Phi) is 8.54. The van der Waals surface area contributed by atoms with Gasteiger partial charge in [-0.2, -0.15) is 8.78 Å². The number of piperidine rings is 1. The second kappa shape index (κ2) is 11.8. The predicted molar refractivity (Wildman–Crippen MR) is 126 cm³/mol. The number of hydrogen-bond donors (Lipinski definition) is 0. The first kappa shape index (κ1) is 26.0. The Morgan fingerprint density at radius 3 is 1.86 bits per heavy atom. The predicted octanol–water partition coefficient (Wildman–Crippen LogP) is 4.06. The van der Waals surface area contributed by atoms with Gasteiger partial charge in [-0.1, -0.05) is 24.0 Å². The number of para-hydroxylation sites is 2. The first-order valence-corrected chi connectivity index (χ1v) is 11.9. The number of nitrogens with zero attached hydrogens (tertiary/aromatic N) is 3. The molecule has 0 amide bonds. The highest BCUT2D eigenvalue weighted by Gasteiger charge is 2.30. The topological polar surface area (TPSA) is 28.2 Å². The van der Waals surface area contributed by atoms with E-state index in [-0.39, 0.29) is 0 Å². The summed E-state index contributed by atoms with van der Waals surface area (Å²) in [7, 11) is 1.67. The number of halogens is 5. The number of likely N-dealkylation sites (tertiary alicyclic amines) is 1. The van der Waals surface area contributed by atoms with E-state index in [0.29, 0.717) is 39.0 Å². The third-order valence-corrected chi connectivity index (χ3v) is 6.52. The van der Waals surface area contributed by atoms with Gasteiger partial charge >= 0.3 is 0 Å². The molecule has 2 aromatic carbocycles. The van der Waals surface area contributed by atoms with Crippen LogP contribution in [0.25, 0.3) is 0 Å². The molecule has 2 heterocycles. The van der Waals surface area contributed by atoms with E-state index in [1.807, 2.05) is 18.2 Å². The van der Waals surface area contributed by atoms with Gasteiger partial charge in [-0.3, -0.25) is 9.80 Å². The lowest BCUT2D eigenvalue weighted by Gasteiger charge is -2.35. The van der Waals surface area contributed by atoms with E-state index < -0.39 is 40.9 Å². The number of methoxy groups -OCH3 is 1. The minimum atomic E-state index is -2.19. The maximum Gasteiger partial charge on any atom is 0.207 e. The van der Waals surface area contributed by atoms with Crippen molar-refractivity contribution in [1.82, 2.24) is 9.80 Å². The van der Waals surface area contributed by atoms with Gasteiger partial charge in [0.05, 0.1) is 25.9 Å². The largest absolute Gasteiger partial charge is 0.495 e. The molecule has 0 unspecified atom stereocenters. The van der Waals surface area contributed by atoms with E-state index in [0.717, 1.165) is 37.6 Å². The minimum absolute atomic E-state index is 0.395. The summed E-state index contributed by atoms with van der Waals surface area (Å²) < 4.78 is 78.3. The smallest absolute Gasteiger partial charge is 0.207 e.